The smallest absolute Gasteiger partial charge is 0.229 e. The molecule has 1 atom stereocenters. The fourth-order valence-corrected chi connectivity index (χ4v) is 6.53. The molecule has 5 nitrogen and oxygen atoms in total. The first kappa shape index (κ1) is 15.0. The molecule has 1 aliphatic heterocycles. The van der Waals surface area contributed by atoms with Crippen molar-refractivity contribution in [2.75, 3.05) is 11.5 Å². The number of benzene rings is 1. The minimum Gasteiger partial charge on any atom is -0.229 e. The minimum absolute atomic E-state index is 0.0328. The topological polar surface area (TPSA) is 71.5 Å². The molecule has 0 amide bonds. The van der Waals surface area contributed by atoms with Crippen LogP contribution >= 0.6 is 0 Å². The van der Waals surface area contributed by atoms with Crippen LogP contribution in [-0.4, -0.2) is 44.7 Å². The molecule has 0 bridgehead atoms. The largest absolute Gasteiger partial charge is 0.243 e. The highest BCUT2D eigenvalue weighted by Gasteiger charge is 2.46. The van der Waals surface area contributed by atoms with E-state index in [1.165, 1.54) is 4.31 Å². The highest BCUT2D eigenvalue weighted by molar-refractivity contribution is 7.92. The van der Waals surface area contributed by atoms with E-state index in [1.807, 2.05) is 6.92 Å². The number of hydrogen-bond donors (Lipinski definition) is 0. The second-order valence-electron chi connectivity index (χ2n) is 5.94. The first-order chi connectivity index (χ1) is 9.79. The van der Waals surface area contributed by atoms with Gasteiger partial charge in [0.05, 0.1) is 16.4 Å². The maximum absolute atomic E-state index is 12.9. The quantitative estimate of drug-likeness (QED) is 0.835. The molecule has 1 unspecified atom stereocenters. The van der Waals surface area contributed by atoms with Crippen LogP contribution in [0.1, 0.15) is 24.8 Å². The zero-order chi connectivity index (χ0) is 15.3. The summed E-state index contributed by atoms with van der Waals surface area (Å²) in [5.41, 5.74) is 0.996. The second-order valence-corrected chi connectivity index (χ2v) is 10.0. The summed E-state index contributed by atoms with van der Waals surface area (Å²) in [5.74, 6) is 0.0406. The first-order valence-electron chi connectivity index (χ1n) is 7.10. The highest BCUT2D eigenvalue weighted by atomic mass is 32.2. The van der Waals surface area contributed by atoms with Gasteiger partial charge >= 0.3 is 0 Å². The van der Waals surface area contributed by atoms with Crippen molar-refractivity contribution >= 4 is 19.9 Å². The predicted octanol–water partition coefficient (Wildman–Crippen LogP) is 1.34. The number of sulfone groups is 1. The van der Waals surface area contributed by atoms with Gasteiger partial charge in [-0.1, -0.05) is 17.7 Å². The number of rotatable bonds is 4. The Balaban J connectivity index is 1.95. The molecule has 1 aromatic rings. The highest BCUT2D eigenvalue weighted by Crippen LogP contribution is 2.36. The number of aryl methyl sites for hydroxylation is 1. The van der Waals surface area contributed by atoms with Crippen molar-refractivity contribution in [2.24, 2.45) is 0 Å². The molecular formula is C14H19NO4S2. The molecule has 1 heterocycles. The number of nitrogens with zero attached hydrogens (tertiary/aromatic N) is 1. The van der Waals surface area contributed by atoms with Crippen molar-refractivity contribution in [1.82, 2.24) is 4.31 Å². The third-order valence-electron chi connectivity index (χ3n) is 4.07. The van der Waals surface area contributed by atoms with Crippen LogP contribution in [0.2, 0.25) is 0 Å². The Bertz CT molecular complexity index is 734. The Hall–Kier alpha value is -0.920. The third-order valence-corrected chi connectivity index (χ3v) is 7.84. The van der Waals surface area contributed by atoms with Gasteiger partial charge in [0.25, 0.3) is 0 Å². The summed E-state index contributed by atoms with van der Waals surface area (Å²) in [6, 6.07) is 6.29. The summed E-state index contributed by atoms with van der Waals surface area (Å²) >= 11 is 0. The lowest BCUT2D eigenvalue weighted by molar-refractivity contribution is 0.332. The monoisotopic (exact) mass is 329 g/mol. The van der Waals surface area contributed by atoms with E-state index in [1.54, 1.807) is 24.3 Å². The minimum atomic E-state index is -3.62. The molecule has 1 saturated carbocycles. The molecule has 2 aliphatic rings. The van der Waals surface area contributed by atoms with Crippen LogP contribution in [0.3, 0.4) is 0 Å². The second kappa shape index (κ2) is 5.07. The van der Waals surface area contributed by atoms with E-state index in [9.17, 15) is 16.8 Å². The normalized spacial score (nSPS) is 25.3. The summed E-state index contributed by atoms with van der Waals surface area (Å²) in [5, 5.41) is 0. The first-order valence-corrected chi connectivity index (χ1v) is 10.4. The van der Waals surface area contributed by atoms with Crippen LogP contribution < -0.4 is 0 Å². The molecule has 1 saturated heterocycles. The average Bonchev–Trinajstić information content (AvgIpc) is 3.14. The lowest BCUT2D eigenvalue weighted by atomic mass is 10.2. The molecule has 1 aromatic carbocycles. The van der Waals surface area contributed by atoms with Crippen molar-refractivity contribution < 1.29 is 16.8 Å². The Labute approximate surface area is 125 Å². The zero-order valence-corrected chi connectivity index (χ0v) is 13.5. The fraction of sp³-hybridized carbons (Fsp3) is 0.571. The van der Waals surface area contributed by atoms with Crippen LogP contribution in [0.15, 0.2) is 29.2 Å². The van der Waals surface area contributed by atoms with E-state index in [2.05, 4.69) is 0 Å². The lowest BCUT2D eigenvalue weighted by Gasteiger charge is -2.27. The van der Waals surface area contributed by atoms with Crippen LogP contribution in [0, 0.1) is 6.92 Å². The van der Waals surface area contributed by atoms with Gasteiger partial charge in [-0.2, -0.15) is 4.31 Å². The number of sulfonamides is 1. The van der Waals surface area contributed by atoms with E-state index in [4.69, 9.17) is 0 Å². The van der Waals surface area contributed by atoms with E-state index in [0.29, 0.717) is 6.42 Å². The summed E-state index contributed by atoms with van der Waals surface area (Å²) in [7, 11) is -6.72. The molecule has 0 N–H and O–H groups in total. The SMILES string of the molecule is Cc1ccc(S(=O)(=O)N(C2CC2)C2CCS(=O)(=O)C2)cc1. The van der Waals surface area contributed by atoms with Crippen molar-refractivity contribution in [2.45, 2.75) is 43.2 Å². The molecule has 0 radical (unpaired) electrons. The van der Waals surface area contributed by atoms with Crippen LogP contribution in [0.25, 0.3) is 0 Å². The van der Waals surface area contributed by atoms with Gasteiger partial charge in [0.15, 0.2) is 9.84 Å². The van der Waals surface area contributed by atoms with Crippen LogP contribution in [-0.2, 0) is 19.9 Å². The van der Waals surface area contributed by atoms with Gasteiger partial charge < -0.3 is 0 Å². The van der Waals surface area contributed by atoms with Crippen molar-refractivity contribution in [3.05, 3.63) is 29.8 Å². The fourth-order valence-electron chi connectivity index (χ4n) is 2.83. The van der Waals surface area contributed by atoms with Crippen LogP contribution in [0.4, 0.5) is 0 Å². The predicted molar refractivity (Wildman–Crippen MR) is 80.3 cm³/mol. The van der Waals surface area contributed by atoms with Gasteiger partial charge in [-0.15, -0.1) is 0 Å². The van der Waals surface area contributed by atoms with Gasteiger partial charge in [-0.05, 0) is 38.3 Å². The Morgan fingerprint density at radius 3 is 2.14 bits per heavy atom. The zero-order valence-electron chi connectivity index (χ0n) is 11.9. The van der Waals surface area contributed by atoms with Crippen molar-refractivity contribution in [3.8, 4) is 0 Å². The molecule has 3 rings (SSSR count). The van der Waals surface area contributed by atoms with Gasteiger partial charge in [0, 0.05) is 12.1 Å². The van der Waals surface area contributed by atoms with E-state index >= 15 is 0 Å². The van der Waals surface area contributed by atoms with Crippen molar-refractivity contribution in [1.29, 1.82) is 0 Å². The third kappa shape index (κ3) is 3.00. The van der Waals surface area contributed by atoms with Gasteiger partial charge in [0.2, 0.25) is 10.0 Å². The maximum Gasteiger partial charge on any atom is 0.243 e. The molecule has 0 aromatic heterocycles. The maximum atomic E-state index is 12.9. The van der Waals surface area contributed by atoms with E-state index in [0.717, 1.165) is 18.4 Å². The van der Waals surface area contributed by atoms with Crippen LogP contribution in [0.5, 0.6) is 0 Å². The summed E-state index contributed by atoms with van der Waals surface area (Å²) in [4.78, 5) is 0.254. The average molecular weight is 329 g/mol. The molecule has 116 valence electrons. The van der Waals surface area contributed by atoms with Gasteiger partial charge in [0.1, 0.15) is 0 Å². The molecule has 0 spiro atoms. The van der Waals surface area contributed by atoms with E-state index in [-0.39, 0.29) is 22.4 Å². The molecular weight excluding hydrogens is 310 g/mol. The Morgan fingerprint density at radius 1 is 1.05 bits per heavy atom. The molecule has 2 fully saturated rings. The molecule has 1 aliphatic carbocycles. The standard InChI is InChI=1S/C14H19NO4S2/c1-11-2-6-14(7-3-11)21(18,19)15(12-4-5-12)13-8-9-20(16,17)10-13/h2-3,6-7,12-13H,4-5,8-10H2,1H3. The summed E-state index contributed by atoms with van der Waals surface area (Å²) in [6.45, 7) is 1.90. The summed E-state index contributed by atoms with van der Waals surface area (Å²) < 4.78 is 50.5. The number of hydrogen-bond acceptors (Lipinski definition) is 4. The summed E-state index contributed by atoms with van der Waals surface area (Å²) in [6.07, 6.45) is 2.05. The Morgan fingerprint density at radius 2 is 1.67 bits per heavy atom. The van der Waals surface area contributed by atoms with E-state index < -0.39 is 25.9 Å². The lowest BCUT2D eigenvalue weighted by Crippen LogP contribution is -2.42. The van der Waals surface area contributed by atoms with Gasteiger partial charge in [-0.25, -0.2) is 16.8 Å². The van der Waals surface area contributed by atoms with Crippen molar-refractivity contribution in [3.63, 3.8) is 0 Å². The Kier molecular flexibility index (Phi) is 3.62. The molecule has 21 heavy (non-hydrogen) atoms. The molecule has 7 heteroatoms. The van der Waals surface area contributed by atoms with Gasteiger partial charge in [-0.3, -0.25) is 0 Å².